The number of carbonyl (C=O) groups excluding carboxylic acids is 2. The zero-order valence-electron chi connectivity index (χ0n) is 21.8. The summed E-state index contributed by atoms with van der Waals surface area (Å²) in [6.45, 7) is 3.74. The quantitative estimate of drug-likeness (QED) is 0.473. The van der Waals surface area contributed by atoms with Gasteiger partial charge in [0, 0.05) is 32.8 Å². The van der Waals surface area contributed by atoms with Gasteiger partial charge in [-0.3, -0.25) is 9.59 Å². The van der Waals surface area contributed by atoms with Crippen LogP contribution in [0, 0.1) is 6.92 Å². The topological polar surface area (TPSA) is 71.1 Å². The van der Waals surface area contributed by atoms with Gasteiger partial charge in [0.2, 0.25) is 12.7 Å². The molecule has 7 nitrogen and oxygen atoms in total. The third kappa shape index (κ3) is 5.04. The highest BCUT2D eigenvalue weighted by Gasteiger charge is 2.51. The summed E-state index contributed by atoms with van der Waals surface area (Å²) in [5, 5.41) is 3.14. The van der Waals surface area contributed by atoms with E-state index in [2.05, 4.69) is 10.2 Å². The summed E-state index contributed by atoms with van der Waals surface area (Å²) in [6, 6.07) is 19.4. The minimum absolute atomic E-state index is 0. The number of amides is 2. The van der Waals surface area contributed by atoms with E-state index in [1.807, 2.05) is 88.7 Å². The van der Waals surface area contributed by atoms with Crippen LogP contribution in [0.3, 0.4) is 0 Å². The first-order chi connectivity index (χ1) is 17.8. The number of aryl methyl sites for hydroxylation is 1. The number of hydrogen-bond acceptors (Lipinski definition) is 5. The SMILES string of the molecule is Cc1ccc(NC(=O)C2(c3ccc4c(c3)OCO4)CC2)cc1-c1ccc(C(=O)N(C)CCN(C)C)cc1.[HH]. The first-order valence-corrected chi connectivity index (χ1v) is 12.6. The number of anilines is 1. The Morgan fingerprint density at radius 3 is 2.35 bits per heavy atom. The van der Waals surface area contributed by atoms with Crippen molar-refractivity contribution in [2.45, 2.75) is 25.2 Å². The highest BCUT2D eigenvalue weighted by atomic mass is 16.7. The van der Waals surface area contributed by atoms with Crippen LogP contribution in [0.2, 0.25) is 0 Å². The molecular weight excluding hydrogens is 466 g/mol. The Bertz CT molecular complexity index is 1340. The van der Waals surface area contributed by atoms with Crippen molar-refractivity contribution >= 4 is 17.5 Å². The summed E-state index contributed by atoms with van der Waals surface area (Å²) in [5.74, 6) is 1.41. The van der Waals surface area contributed by atoms with Gasteiger partial charge < -0.3 is 24.6 Å². The number of carbonyl (C=O) groups is 2. The lowest BCUT2D eigenvalue weighted by Crippen LogP contribution is -2.33. The van der Waals surface area contributed by atoms with Crippen LogP contribution in [0.4, 0.5) is 5.69 Å². The molecule has 194 valence electrons. The Hall–Kier alpha value is -3.84. The van der Waals surface area contributed by atoms with Crippen molar-refractivity contribution in [2.24, 2.45) is 0 Å². The van der Waals surface area contributed by atoms with Crippen molar-refractivity contribution in [3.05, 3.63) is 77.4 Å². The summed E-state index contributed by atoms with van der Waals surface area (Å²) in [4.78, 5) is 29.9. The Morgan fingerprint density at radius 1 is 0.919 bits per heavy atom. The predicted octanol–water partition coefficient (Wildman–Crippen LogP) is 4.94. The molecule has 7 heteroatoms. The van der Waals surface area contributed by atoms with Crippen molar-refractivity contribution in [3.8, 4) is 22.6 Å². The standard InChI is InChI=1S/C30H33N3O4.H2/c1-20-5-11-24(31-29(35)30(13-14-30)23-10-12-26-27(17-23)37-19-36-26)18-25(20)21-6-8-22(9-7-21)28(34)33(4)16-15-32(2)3;/h5-12,17-18H,13-16,19H2,1-4H3,(H,31,35);1H. The second-order valence-corrected chi connectivity index (χ2v) is 10.2. The predicted molar refractivity (Wildman–Crippen MR) is 146 cm³/mol. The lowest BCUT2D eigenvalue weighted by atomic mass is 9.94. The summed E-state index contributed by atoms with van der Waals surface area (Å²) >= 11 is 0. The molecule has 1 fully saturated rings. The van der Waals surface area contributed by atoms with E-state index in [9.17, 15) is 9.59 Å². The zero-order valence-corrected chi connectivity index (χ0v) is 21.8. The van der Waals surface area contributed by atoms with Gasteiger partial charge in [-0.2, -0.15) is 0 Å². The van der Waals surface area contributed by atoms with Crippen molar-refractivity contribution < 1.29 is 20.5 Å². The van der Waals surface area contributed by atoms with Crippen molar-refractivity contribution in [2.75, 3.05) is 46.3 Å². The molecule has 3 aromatic rings. The van der Waals surface area contributed by atoms with E-state index in [1.165, 1.54) is 0 Å². The van der Waals surface area contributed by atoms with Gasteiger partial charge >= 0.3 is 0 Å². The van der Waals surface area contributed by atoms with E-state index in [0.29, 0.717) is 17.9 Å². The Labute approximate surface area is 219 Å². The molecule has 5 rings (SSSR count). The molecule has 0 spiro atoms. The highest BCUT2D eigenvalue weighted by molar-refractivity contribution is 6.02. The fraction of sp³-hybridized carbons (Fsp3) is 0.333. The van der Waals surface area contributed by atoms with Gasteiger partial charge in [-0.25, -0.2) is 0 Å². The van der Waals surface area contributed by atoms with E-state index >= 15 is 0 Å². The molecule has 3 aromatic carbocycles. The summed E-state index contributed by atoms with van der Waals surface area (Å²) in [5.41, 5.74) is 4.94. The monoisotopic (exact) mass is 501 g/mol. The Kier molecular flexibility index (Phi) is 6.65. The summed E-state index contributed by atoms with van der Waals surface area (Å²) in [6.07, 6.45) is 1.60. The van der Waals surface area contributed by atoms with E-state index in [1.54, 1.807) is 4.90 Å². The second-order valence-electron chi connectivity index (χ2n) is 10.2. The Morgan fingerprint density at radius 2 is 1.65 bits per heavy atom. The number of likely N-dealkylation sites (N-methyl/N-ethyl adjacent to an activating group) is 2. The lowest BCUT2D eigenvalue weighted by molar-refractivity contribution is -0.118. The molecule has 0 aromatic heterocycles. The number of fused-ring (bicyclic) bond motifs is 1. The van der Waals surface area contributed by atoms with Crippen molar-refractivity contribution in [3.63, 3.8) is 0 Å². The van der Waals surface area contributed by atoms with Crippen LogP contribution in [0.15, 0.2) is 60.7 Å². The second kappa shape index (κ2) is 9.90. The van der Waals surface area contributed by atoms with Gasteiger partial charge in [-0.05, 0) is 92.5 Å². The normalized spacial score (nSPS) is 14.9. The number of ether oxygens (including phenoxy) is 2. The van der Waals surface area contributed by atoms with Crippen LogP contribution in [0.25, 0.3) is 11.1 Å². The fourth-order valence-corrected chi connectivity index (χ4v) is 4.69. The van der Waals surface area contributed by atoms with Gasteiger partial charge in [-0.15, -0.1) is 0 Å². The maximum atomic E-state index is 13.4. The number of nitrogens with zero attached hydrogens (tertiary/aromatic N) is 2. The molecule has 0 unspecified atom stereocenters. The number of nitrogens with one attached hydrogen (secondary N) is 1. The third-order valence-electron chi connectivity index (χ3n) is 7.28. The van der Waals surface area contributed by atoms with Crippen LogP contribution < -0.4 is 14.8 Å². The molecule has 0 bridgehead atoms. The van der Waals surface area contributed by atoms with Gasteiger partial charge in [0.15, 0.2) is 11.5 Å². The van der Waals surface area contributed by atoms with Gasteiger partial charge in [0.25, 0.3) is 5.91 Å². The van der Waals surface area contributed by atoms with Gasteiger partial charge in [0.1, 0.15) is 0 Å². The molecule has 37 heavy (non-hydrogen) atoms. The Balaban J connectivity index is 0.00000336. The summed E-state index contributed by atoms with van der Waals surface area (Å²) in [7, 11) is 5.81. The molecule has 0 radical (unpaired) electrons. The molecule has 2 amide bonds. The third-order valence-corrected chi connectivity index (χ3v) is 7.28. The van der Waals surface area contributed by atoms with Gasteiger partial charge in [-0.1, -0.05) is 24.3 Å². The molecule has 1 N–H and O–H groups in total. The van der Waals surface area contributed by atoms with Crippen LogP contribution in [0.5, 0.6) is 11.5 Å². The first kappa shape index (κ1) is 24.8. The largest absolute Gasteiger partial charge is 0.454 e. The molecule has 1 heterocycles. The molecule has 0 atom stereocenters. The smallest absolute Gasteiger partial charge is 0.253 e. The van der Waals surface area contributed by atoms with E-state index in [-0.39, 0.29) is 20.0 Å². The van der Waals surface area contributed by atoms with Crippen molar-refractivity contribution in [1.29, 1.82) is 0 Å². The van der Waals surface area contributed by atoms with E-state index in [4.69, 9.17) is 9.47 Å². The first-order valence-electron chi connectivity index (χ1n) is 12.6. The van der Waals surface area contributed by atoms with Crippen LogP contribution in [-0.2, 0) is 10.2 Å². The molecule has 1 aliphatic carbocycles. The van der Waals surface area contributed by atoms with Gasteiger partial charge in [0.05, 0.1) is 5.41 Å². The molecule has 2 aliphatic rings. The van der Waals surface area contributed by atoms with Crippen molar-refractivity contribution in [1.82, 2.24) is 9.80 Å². The molecule has 0 saturated heterocycles. The minimum Gasteiger partial charge on any atom is -0.454 e. The number of hydrogen-bond donors (Lipinski definition) is 1. The van der Waals surface area contributed by atoms with Crippen LogP contribution >= 0.6 is 0 Å². The summed E-state index contributed by atoms with van der Waals surface area (Å²) < 4.78 is 10.9. The average molecular weight is 502 g/mol. The van der Waals surface area contributed by atoms with Crippen LogP contribution in [-0.4, -0.2) is 62.6 Å². The lowest BCUT2D eigenvalue weighted by Gasteiger charge is -2.20. The minimum atomic E-state index is -0.535. The molecule has 1 saturated carbocycles. The number of rotatable bonds is 8. The maximum absolute atomic E-state index is 13.4. The highest BCUT2D eigenvalue weighted by Crippen LogP contribution is 2.51. The fourth-order valence-electron chi connectivity index (χ4n) is 4.69. The van der Waals surface area contributed by atoms with E-state index in [0.717, 1.165) is 53.1 Å². The maximum Gasteiger partial charge on any atom is 0.253 e. The molecule has 1 aliphatic heterocycles. The average Bonchev–Trinajstić information content (AvgIpc) is 3.58. The zero-order chi connectivity index (χ0) is 26.2. The van der Waals surface area contributed by atoms with E-state index < -0.39 is 5.41 Å². The number of benzene rings is 3. The molecular formula is C30H35N3O4. The van der Waals surface area contributed by atoms with Crippen LogP contribution in [0.1, 0.15) is 35.8 Å².